The quantitative estimate of drug-likeness (QED) is 0.166. The predicted octanol–water partition coefficient (Wildman–Crippen LogP) is 10.5. The number of nitrogens with zero attached hydrogens (tertiary/aromatic N) is 4. The Balaban J connectivity index is 0.00000648. The van der Waals surface area contributed by atoms with Crippen LogP contribution in [0.2, 0.25) is 0 Å². The van der Waals surface area contributed by atoms with E-state index in [1.54, 1.807) is 6.92 Å². The van der Waals surface area contributed by atoms with Gasteiger partial charge in [0.25, 0.3) is 0 Å². The van der Waals surface area contributed by atoms with E-state index in [2.05, 4.69) is 11.1 Å². The van der Waals surface area contributed by atoms with Gasteiger partial charge in [-0.1, -0.05) is 108 Å². The first-order chi connectivity index (χ1) is 30.0. The molecule has 1 aliphatic carbocycles. The number of rotatable bonds is 4. The summed E-state index contributed by atoms with van der Waals surface area (Å²) in [6.45, 7) is -23.8. The van der Waals surface area contributed by atoms with Crippen LogP contribution in [0.1, 0.15) is 82.5 Å². The summed E-state index contributed by atoms with van der Waals surface area (Å²) in [4.78, 5) is 19.0. The van der Waals surface area contributed by atoms with Crippen molar-refractivity contribution in [2.24, 2.45) is 5.41 Å². The average molecular weight is 824 g/mol. The van der Waals surface area contributed by atoms with Crippen molar-refractivity contribution in [3.05, 3.63) is 120 Å². The van der Waals surface area contributed by atoms with Crippen LogP contribution in [0.4, 0.5) is 0 Å². The summed E-state index contributed by atoms with van der Waals surface area (Å²) in [5.74, 6) is 0.734. The molecule has 5 nitrogen and oxygen atoms in total. The van der Waals surface area contributed by atoms with Gasteiger partial charge in [-0.15, -0.1) is 34.9 Å². The predicted molar refractivity (Wildman–Crippen MR) is 190 cm³/mol. The molecule has 1 radical (unpaired) electrons. The number of benzene rings is 4. The third kappa shape index (κ3) is 4.69. The minimum absolute atomic E-state index is 0. The van der Waals surface area contributed by atoms with E-state index in [1.165, 1.54) is 12.3 Å². The van der Waals surface area contributed by atoms with Gasteiger partial charge in [-0.25, -0.2) is 15.0 Å². The Labute approximate surface area is 320 Å². The van der Waals surface area contributed by atoms with Crippen LogP contribution >= 0.6 is 0 Å². The van der Waals surface area contributed by atoms with Crippen molar-refractivity contribution in [1.29, 1.82) is 0 Å². The SMILES string of the molecule is [2H]C([2H])([2H])C1(C([2H])([2H])[2H])c2c[c-]c(-c3cc(C)c(-c4nc(-c5ccccc5)nc(-c5cccc6c5oc5ccccc56)n4)cn3)cc2C(C([2H])([2H])[2H])(C([2H])([2H])[2H])C1(C([2H])([2H])[2H])C([2H])([2H])[2H].[Ir]. The molecule has 0 unspecified atom stereocenters. The molecule has 0 saturated carbocycles. The Morgan fingerprint density at radius 2 is 1.38 bits per heavy atom. The Hall–Kier alpha value is -4.51. The summed E-state index contributed by atoms with van der Waals surface area (Å²) >= 11 is 0. The van der Waals surface area contributed by atoms with Gasteiger partial charge in [0, 0.05) is 72.9 Å². The van der Waals surface area contributed by atoms with Crippen LogP contribution in [0.3, 0.4) is 0 Å². The zero-order valence-electron chi connectivity index (χ0n) is 43.3. The van der Waals surface area contributed by atoms with Crippen LogP contribution in [0.5, 0.6) is 0 Å². The van der Waals surface area contributed by atoms with Crippen molar-refractivity contribution >= 4 is 21.9 Å². The Bertz CT molecular complexity index is 2960. The van der Waals surface area contributed by atoms with E-state index >= 15 is 0 Å². The van der Waals surface area contributed by atoms with E-state index in [9.17, 15) is 0 Å². The zero-order valence-corrected chi connectivity index (χ0v) is 27.7. The number of hydrogen-bond donors (Lipinski definition) is 0. The fourth-order valence-corrected chi connectivity index (χ4v) is 6.14. The number of aryl methyl sites for hydroxylation is 1. The maximum Gasteiger partial charge on any atom is 0.167 e. The summed E-state index contributed by atoms with van der Waals surface area (Å²) < 4.78 is 163. The van der Waals surface area contributed by atoms with Crippen LogP contribution in [0, 0.1) is 18.4 Å². The molecular formula is C42H37IrN4O-. The summed E-state index contributed by atoms with van der Waals surface area (Å²) in [6.07, 6.45) is 1.37. The smallest absolute Gasteiger partial charge is 0.167 e. The number of para-hydroxylation sites is 2. The first-order valence-electron chi connectivity index (χ1n) is 23.7. The van der Waals surface area contributed by atoms with Crippen molar-refractivity contribution in [3.8, 4) is 45.4 Å². The zero-order chi connectivity index (χ0) is 47.7. The molecule has 3 heterocycles. The Morgan fingerprint density at radius 3 is 2.12 bits per heavy atom. The standard InChI is InChI=1S/C42H37N4O.Ir/c1-25-22-34(27-20-21-32-33(23-27)41(4,5)42(6,7)40(32,2)3)43-24-31(25)39-45-37(26-14-9-8-10-15-26)44-38(46-39)30-18-13-17-29-28-16-11-12-19-35(28)47-36(29)30;/h8-19,21-24H,1-7H3;/q-1;/i2D3,3D3,4D3,5D3,6D3,7D3;. The van der Waals surface area contributed by atoms with Gasteiger partial charge < -0.3 is 9.40 Å². The monoisotopic (exact) mass is 824 g/mol. The topological polar surface area (TPSA) is 64.7 Å². The molecule has 4 aromatic carbocycles. The second-order valence-corrected chi connectivity index (χ2v) is 11.8. The molecule has 0 N–H and O–H groups in total. The largest absolute Gasteiger partial charge is 0.455 e. The molecule has 0 spiro atoms. The molecule has 7 aromatic rings. The number of hydrogen-bond acceptors (Lipinski definition) is 5. The Morgan fingerprint density at radius 1 is 0.688 bits per heavy atom. The number of fused-ring (bicyclic) bond motifs is 4. The third-order valence-corrected chi connectivity index (χ3v) is 8.82. The molecule has 8 rings (SSSR count). The van der Waals surface area contributed by atoms with Gasteiger partial charge in [0.15, 0.2) is 17.5 Å². The van der Waals surface area contributed by atoms with E-state index in [-0.39, 0.29) is 43.0 Å². The van der Waals surface area contributed by atoms with E-state index in [1.807, 2.05) is 72.8 Å². The van der Waals surface area contributed by atoms with E-state index in [0.717, 1.165) is 16.8 Å². The second kappa shape index (κ2) is 11.3. The summed E-state index contributed by atoms with van der Waals surface area (Å²) in [7, 11) is 0. The first kappa shape index (κ1) is 17.2. The summed E-state index contributed by atoms with van der Waals surface area (Å²) in [5, 5.41) is 1.72. The molecule has 3 aromatic heterocycles. The number of aromatic nitrogens is 4. The molecule has 48 heavy (non-hydrogen) atoms. The minimum Gasteiger partial charge on any atom is -0.455 e. The van der Waals surface area contributed by atoms with Gasteiger partial charge >= 0.3 is 0 Å². The van der Waals surface area contributed by atoms with Crippen LogP contribution in [-0.2, 0) is 30.9 Å². The second-order valence-electron chi connectivity index (χ2n) is 11.8. The molecular weight excluding hydrogens is 769 g/mol. The molecule has 0 amide bonds. The van der Waals surface area contributed by atoms with Crippen LogP contribution in [-0.4, -0.2) is 19.9 Å². The fraction of sp³-hybridized carbons (Fsp3) is 0.238. The molecule has 1 aliphatic rings. The molecule has 241 valence electrons. The van der Waals surface area contributed by atoms with Crippen LogP contribution in [0.25, 0.3) is 67.4 Å². The molecule has 0 aliphatic heterocycles. The molecule has 6 heteroatoms. The first-order valence-corrected chi connectivity index (χ1v) is 14.7. The van der Waals surface area contributed by atoms with E-state index in [0.29, 0.717) is 45.3 Å². The molecule has 0 saturated heterocycles. The van der Waals surface area contributed by atoms with E-state index in [4.69, 9.17) is 44.0 Å². The van der Waals surface area contributed by atoms with Crippen molar-refractivity contribution in [2.75, 3.05) is 0 Å². The van der Waals surface area contributed by atoms with Crippen molar-refractivity contribution in [1.82, 2.24) is 19.9 Å². The molecule has 0 fully saturated rings. The molecule has 0 bridgehead atoms. The Kier molecular flexibility index (Phi) is 4.05. The van der Waals surface area contributed by atoms with Gasteiger partial charge in [-0.05, 0) is 46.6 Å². The average Bonchev–Trinajstić information content (AvgIpc) is 3.72. The summed E-state index contributed by atoms with van der Waals surface area (Å²) in [6, 6.07) is 27.9. The van der Waals surface area contributed by atoms with E-state index < -0.39 is 68.5 Å². The number of furan rings is 1. The normalized spacial score (nSPS) is 22.9. The van der Waals surface area contributed by atoms with Crippen LogP contribution in [0.15, 0.2) is 102 Å². The fourth-order valence-electron chi connectivity index (χ4n) is 6.14. The third-order valence-electron chi connectivity index (χ3n) is 8.82. The van der Waals surface area contributed by atoms with Gasteiger partial charge in [-0.2, -0.15) is 0 Å². The maximum absolute atomic E-state index is 8.78. The van der Waals surface area contributed by atoms with Crippen molar-refractivity contribution < 1.29 is 49.2 Å². The van der Waals surface area contributed by atoms with Gasteiger partial charge in [0.05, 0.1) is 5.56 Å². The van der Waals surface area contributed by atoms with Crippen molar-refractivity contribution in [2.45, 2.75) is 58.9 Å². The van der Waals surface area contributed by atoms with Gasteiger partial charge in [0.1, 0.15) is 11.2 Å². The van der Waals surface area contributed by atoms with Crippen molar-refractivity contribution in [3.63, 3.8) is 0 Å². The summed E-state index contributed by atoms with van der Waals surface area (Å²) in [5.41, 5.74) is -12.1. The minimum atomic E-state index is -4.52. The van der Waals surface area contributed by atoms with Gasteiger partial charge in [-0.3, -0.25) is 0 Å². The molecule has 0 atom stereocenters. The maximum atomic E-state index is 8.78. The number of pyridine rings is 1. The van der Waals surface area contributed by atoms with Gasteiger partial charge in [0.2, 0.25) is 0 Å². The van der Waals surface area contributed by atoms with Crippen LogP contribution < -0.4 is 0 Å².